The molecule has 9 heteroatoms. The fourth-order valence-electron chi connectivity index (χ4n) is 4.48. The van der Waals surface area contributed by atoms with Gasteiger partial charge in [0.2, 0.25) is 21.8 Å². The minimum atomic E-state index is -3.74. The van der Waals surface area contributed by atoms with Gasteiger partial charge >= 0.3 is 0 Å². The van der Waals surface area contributed by atoms with Crippen molar-refractivity contribution in [1.29, 1.82) is 0 Å². The number of nitrogens with zero attached hydrogens (tertiary/aromatic N) is 2. The molecule has 3 rings (SSSR count). The van der Waals surface area contributed by atoms with Crippen LogP contribution in [0, 0.1) is 6.92 Å². The van der Waals surface area contributed by atoms with Gasteiger partial charge in [-0.1, -0.05) is 60.0 Å². The Labute approximate surface area is 217 Å². The number of nitrogens with one attached hydrogen (secondary N) is 1. The van der Waals surface area contributed by atoms with Crippen LogP contribution in [0.4, 0.5) is 5.69 Å². The minimum absolute atomic E-state index is 0.127. The first-order chi connectivity index (χ1) is 16.6. The van der Waals surface area contributed by atoms with Crippen molar-refractivity contribution < 1.29 is 18.0 Å². The number of hydrogen-bond acceptors (Lipinski definition) is 4. The van der Waals surface area contributed by atoms with Crippen molar-refractivity contribution in [2.45, 2.75) is 64.6 Å². The number of halogens is 1. The van der Waals surface area contributed by atoms with E-state index in [0.717, 1.165) is 51.8 Å². The van der Waals surface area contributed by atoms with Gasteiger partial charge in [-0.15, -0.1) is 0 Å². The Morgan fingerprint density at radius 2 is 1.71 bits per heavy atom. The maximum atomic E-state index is 13.7. The van der Waals surface area contributed by atoms with E-state index in [9.17, 15) is 18.0 Å². The largest absolute Gasteiger partial charge is 0.352 e. The van der Waals surface area contributed by atoms with Gasteiger partial charge in [-0.05, 0) is 61.6 Å². The van der Waals surface area contributed by atoms with Gasteiger partial charge in [0.25, 0.3) is 0 Å². The number of hydrogen-bond donors (Lipinski definition) is 1. The fourth-order valence-corrected chi connectivity index (χ4v) is 5.59. The Morgan fingerprint density at radius 1 is 1.09 bits per heavy atom. The molecule has 0 radical (unpaired) electrons. The molecule has 2 aromatic carbocycles. The van der Waals surface area contributed by atoms with Crippen molar-refractivity contribution in [3.05, 3.63) is 64.1 Å². The lowest BCUT2D eigenvalue weighted by Gasteiger charge is -2.33. The summed E-state index contributed by atoms with van der Waals surface area (Å²) in [5, 5.41) is 3.12. The van der Waals surface area contributed by atoms with Crippen molar-refractivity contribution in [1.82, 2.24) is 10.2 Å². The van der Waals surface area contributed by atoms with Crippen LogP contribution in [0.15, 0.2) is 53.0 Å². The second-order valence-corrected chi connectivity index (χ2v) is 11.9. The number of anilines is 1. The van der Waals surface area contributed by atoms with E-state index in [1.54, 1.807) is 24.3 Å². The van der Waals surface area contributed by atoms with Crippen molar-refractivity contribution >= 4 is 43.5 Å². The van der Waals surface area contributed by atoms with E-state index in [2.05, 4.69) is 21.2 Å². The second kappa shape index (κ2) is 12.0. The van der Waals surface area contributed by atoms with E-state index in [0.29, 0.717) is 12.1 Å². The highest BCUT2D eigenvalue weighted by Gasteiger charge is 2.33. The van der Waals surface area contributed by atoms with Gasteiger partial charge < -0.3 is 10.2 Å². The number of rotatable bonds is 10. The quantitative estimate of drug-likeness (QED) is 0.464. The molecule has 0 aliphatic heterocycles. The highest BCUT2D eigenvalue weighted by Crippen LogP contribution is 2.23. The third-order valence-corrected chi connectivity index (χ3v) is 8.15. The first-order valence-corrected chi connectivity index (χ1v) is 14.6. The van der Waals surface area contributed by atoms with Crippen molar-refractivity contribution in [3.63, 3.8) is 0 Å². The predicted octanol–water partition coefficient (Wildman–Crippen LogP) is 4.39. The normalized spacial score (nSPS) is 15.0. The van der Waals surface area contributed by atoms with Crippen LogP contribution < -0.4 is 9.62 Å². The van der Waals surface area contributed by atoms with Crippen LogP contribution in [0.3, 0.4) is 0 Å². The molecule has 1 N–H and O–H groups in total. The van der Waals surface area contributed by atoms with Crippen molar-refractivity contribution in [3.8, 4) is 0 Å². The van der Waals surface area contributed by atoms with Crippen LogP contribution in [0.25, 0.3) is 0 Å². The highest BCUT2D eigenvalue weighted by molar-refractivity contribution is 9.10. The van der Waals surface area contributed by atoms with Crippen LogP contribution in [0.5, 0.6) is 0 Å². The van der Waals surface area contributed by atoms with Gasteiger partial charge in [-0.3, -0.25) is 13.9 Å². The molecule has 0 saturated heterocycles. The monoisotopic (exact) mass is 563 g/mol. The Balaban J connectivity index is 1.92. The van der Waals surface area contributed by atoms with Gasteiger partial charge in [0.05, 0.1) is 11.9 Å². The topological polar surface area (TPSA) is 86.8 Å². The lowest BCUT2D eigenvalue weighted by molar-refractivity contribution is -0.140. The molecule has 2 aromatic rings. The number of aryl methyl sites for hydroxylation is 1. The molecule has 0 aromatic heterocycles. The molecule has 1 aliphatic carbocycles. The molecule has 1 atom stereocenters. The predicted molar refractivity (Wildman–Crippen MR) is 143 cm³/mol. The molecule has 1 saturated carbocycles. The number of amides is 2. The summed E-state index contributed by atoms with van der Waals surface area (Å²) in [6, 6.07) is 13.9. The van der Waals surface area contributed by atoms with Gasteiger partial charge in [-0.2, -0.15) is 0 Å². The van der Waals surface area contributed by atoms with Gasteiger partial charge in [0.15, 0.2) is 0 Å². The van der Waals surface area contributed by atoms with Gasteiger partial charge in [0.1, 0.15) is 12.6 Å². The van der Waals surface area contributed by atoms with Crippen LogP contribution in [0.1, 0.15) is 50.2 Å². The molecule has 0 unspecified atom stereocenters. The molecular weight excluding hydrogens is 530 g/mol. The summed E-state index contributed by atoms with van der Waals surface area (Å²) in [6.07, 6.45) is 5.57. The maximum absolute atomic E-state index is 13.7. The van der Waals surface area contributed by atoms with E-state index < -0.39 is 22.0 Å². The van der Waals surface area contributed by atoms with Crippen LogP contribution >= 0.6 is 15.9 Å². The smallest absolute Gasteiger partial charge is 0.244 e. The summed E-state index contributed by atoms with van der Waals surface area (Å²) < 4.78 is 27.2. The number of benzene rings is 2. The number of sulfonamides is 1. The maximum Gasteiger partial charge on any atom is 0.244 e. The van der Waals surface area contributed by atoms with E-state index in [4.69, 9.17) is 0 Å². The molecule has 190 valence electrons. The van der Waals surface area contributed by atoms with E-state index in [-0.39, 0.29) is 25.0 Å². The Morgan fingerprint density at radius 3 is 2.29 bits per heavy atom. The lowest BCUT2D eigenvalue weighted by Crippen LogP contribution is -2.53. The first kappa shape index (κ1) is 27.2. The Hall–Kier alpha value is -2.39. The number of carbonyl (C=O) groups excluding carboxylic acids is 2. The average molecular weight is 565 g/mol. The molecule has 1 fully saturated rings. The van der Waals surface area contributed by atoms with Crippen molar-refractivity contribution in [2.24, 2.45) is 0 Å². The summed E-state index contributed by atoms with van der Waals surface area (Å²) in [5.41, 5.74) is 2.31. The third kappa shape index (κ3) is 7.30. The van der Waals surface area contributed by atoms with Gasteiger partial charge in [0, 0.05) is 17.1 Å². The molecule has 2 amide bonds. The van der Waals surface area contributed by atoms with Gasteiger partial charge in [-0.25, -0.2) is 8.42 Å². The Kier molecular flexibility index (Phi) is 9.35. The van der Waals surface area contributed by atoms with Crippen LogP contribution in [-0.4, -0.2) is 50.0 Å². The molecule has 0 heterocycles. The lowest BCUT2D eigenvalue weighted by atomic mass is 10.1. The summed E-state index contributed by atoms with van der Waals surface area (Å²) in [5.74, 6) is -0.606. The highest BCUT2D eigenvalue weighted by atomic mass is 79.9. The molecule has 0 bridgehead atoms. The fraction of sp³-hybridized carbons (Fsp3) is 0.462. The molecular formula is C26H34BrN3O4S. The number of carbonyl (C=O) groups is 2. The van der Waals surface area contributed by atoms with E-state index in [1.807, 2.05) is 38.1 Å². The second-order valence-electron chi connectivity index (χ2n) is 9.11. The van der Waals surface area contributed by atoms with Crippen LogP contribution in [-0.2, 0) is 26.2 Å². The minimum Gasteiger partial charge on any atom is -0.352 e. The van der Waals surface area contributed by atoms with Crippen LogP contribution in [0.2, 0.25) is 0 Å². The zero-order valence-electron chi connectivity index (χ0n) is 20.5. The zero-order valence-corrected chi connectivity index (χ0v) is 22.9. The average Bonchev–Trinajstić information content (AvgIpc) is 3.31. The van der Waals surface area contributed by atoms with E-state index >= 15 is 0 Å². The molecule has 7 nitrogen and oxygen atoms in total. The summed E-state index contributed by atoms with van der Waals surface area (Å²) in [7, 11) is -3.74. The Bertz CT molecular complexity index is 1130. The third-order valence-electron chi connectivity index (χ3n) is 6.48. The SMILES string of the molecule is CC[C@H](C(=O)NC1CCCC1)N(Cc1ccccc1C)C(=O)CN(c1ccc(Br)cc1)S(C)(=O)=O. The zero-order chi connectivity index (χ0) is 25.6. The summed E-state index contributed by atoms with van der Waals surface area (Å²) in [6.45, 7) is 3.67. The molecule has 1 aliphatic rings. The molecule has 0 spiro atoms. The van der Waals surface area contributed by atoms with E-state index in [1.165, 1.54) is 4.90 Å². The standard InChI is InChI=1S/C26H34BrN3O4S/c1-4-24(26(32)28-22-11-7-8-12-22)29(17-20-10-6-5-9-19(20)2)25(31)18-30(35(3,33)34)23-15-13-21(27)14-16-23/h5-6,9-10,13-16,22,24H,4,7-8,11-12,17-18H2,1-3H3,(H,28,32)/t24-/m1/s1. The summed E-state index contributed by atoms with van der Waals surface area (Å²) >= 11 is 3.36. The van der Waals surface area contributed by atoms with Crippen molar-refractivity contribution in [2.75, 3.05) is 17.1 Å². The molecule has 35 heavy (non-hydrogen) atoms. The summed E-state index contributed by atoms with van der Waals surface area (Å²) in [4.78, 5) is 28.6. The first-order valence-electron chi connectivity index (χ1n) is 12.0.